The highest BCUT2D eigenvalue weighted by atomic mass is 28.3. The van der Waals surface area contributed by atoms with Crippen LogP contribution in [0.5, 0.6) is 0 Å². The highest BCUT2D eigenvalue weighted by molar-refractivity contribution is 6.60. The van der Waals surface area contributed by atoms with Gasteiger partial charge in [-0.25, -0.2) is 4.39 Å². The van der Waals surface area contributed by atoms with Crippen LogP contribution in [-0.2, 0) is 6.42 Å². The fourth-order valence-electron chi connectivity index (χ4n) is 5.33. The molecule has 0 amide bonds. The van der Waals surface area contributed by atoms with Crippen molar-refractivity contribution < 1.29 is 4.39 Å². The number of hydrogen-bond acceptors (Lipinski definition) is 0. The van der Waals surface area contributed by atoms with Gasteiger partial charge in [0.05, 0.1) is 0 Å². The molecule has 0 bridgehead atoms. The van der Waals surface area contributed by atoms with E-state index < -0.39 is 8.80 Å². The summed E-state index contributed by atoms with van der Waals surface area (Å²) in [5, 5.41) is 0. The second kappa shape index (κ2) is 9.17. The first-order chi connectivity index (χ1) is 11.7. The second-order valence-electron chi connectivity index (χ2n) is 8.52. The zero-order valence-electron chi connectivity index (χ0n) is 15.5. The number of halogens is 1. The Labute approximate surface area is 149 Å². The number of benzene rings is 1. The summed E-state index contributed by atoms with van der Waals surface area (Å²) >= 11 is 0. The molecule has 134 valence electrons. The third-order valence-electron chi connectivity index (χ3n) is 6.90. The first-order valence-electron chi connectivity index (χ1n) is 10.5. The highest BCUT2D eigenvalue weighted by Gasteiger charge is 2.31. The zero-order chi connectivity index (χ0) is 16.8. The fourth-order valence-corrected chi connectivity index (χ4v) is 9.69. The third-order valence-corrected chi connectivity index (χ3v) is 11.1. The van der Waals surface area contributed by atoms with Gasteiger partial charge in [0.25, 0.3) is 0 Å². The van der Waals surface area contributed by atoms with E-state index in [1.165, 1.54) is 56.1 Å². The Balaban J connectivity index is 1.36. The van der Waals surface area contributed by atoms with Gasteiger partial charge in [0.15, 0.2) is 0 Å². The Kier molecular flexibility index (Phi) is 6.94. The van der Waals surface area contributed by atoms with E-state index in [2.05, 4.69) is 6.92 Å². The fraction of sp³-hybridized carbons (Fsp3) is 0.727. The summed E-state index contributed by atoms with van der Waals surface area (Å²) in [5.41, 5.74) is 2.49. The molecule has 2 heteroatoms. The first-order valence-corrected chi connectivity index (χ1v) is 12.8. The van der Waals surface area contributed by atoms with Crippen LogP contribution in [0.4, 0.5) is 4.39 Å². The van der Waals surface area contributed by atoms with Gasteiger partial charge in [-0.1, -0.05) is 82.5 Å². The smallest absolute Gasteiger partial charge is 0.123 e. The molecule has 2 aliphatic rings. The summed E-state index contributed by atoms with van der Waals surface area (Å²) in [6.45, 7) is 2.34. The van der Waals surface area contributed by atoms with E-state index in [1.54, 1.807) is 37.1 Å². The van der Waals surface area contributed by atoms with Gasteiger partial charge in [0.2, 0.25) is 0 Å². The van der Waals surface area contributed by atoms with Crippen LogP contribution >= 0.6 is 0 Å². The molecule has 1 heterocycles. The van der Waals surface area contributed by atoms with Crippen molar-refractivity contribution in [2.45, 2.75) is 88.8 Å². The molecule has 0 N–H and O–H groups in total. The SMILES string of the molecule is CCC[C@H]1CC[C@H]([Si@H]2CC[C@H](CCc3ccc(F)cc3)CC2)CC1. The van der Waals surface area contributed by atoms with Crippen molar-refractivity contribution in [1.29, 1.82) is 0 Å². The maximum Gasteiger partial charge on any atom is 0.123 e. The van der Waals surface area contributed by atoms with Crippen molar-refractivity contribution in [3.63, 3.8) is 0 Å². The predicted molar refractivity (Wildman–Crippen MR) is 105 cm³/mol. The molecule has 24 heavy (non-hydrogen) atoms. The van der Waals surface area contributed by atoms with E-state index in [4.69, 9.17) is 0 Å². The van der Waals surface area contributed by atoms with Crippen LogP contribution in [0, 0.1) is 17.7 Å². The predicted octanol–water partition coefficient (Wildman–Crippen LogP) is 6.76. The van der Waals surface area contributed by atoms with Crippen molar-refractivity contribution in [1.82, 2.24) is 0 Å². The second-order valence-corrected chi connectivity index (χ2v) is 12.1. The molecule has 0 aromatic heterocycles. The largest absolute Gasteiger partial charge is 0.207 e. The van der Waals surface area contributed by atoms with E-state index >= 15 is 0 Å². The molecule has 0 nitrogen and oxygen atoms in total. The van der Waals surface area contributed by atoms with Crippen molar-refractivity contribution in [2.24, 2.45) is 11.8 Å². The Morgan fingerprint density at radius 1 is 0.875 bits per heavy atom. The molecular formula is C22H35FSi. The van der Waals surface area contributed by atoms with Crippen molar-refractivity contribution >= 4 is 8.80 Å². The van der Waals surface area contributed by atoms with Gasteiger partial charge < -0.3 is 0 Å². The Hall–Kier alpha value is -0.633. The maximum absolute atomic E-state index is 13.0. The minimum Gasteiger partial charge on any atom is -0.207 e. The molecule has 0 radical (unpaired) electrons. The standard InChI is InChI=1S/C22H35FSi/c1-2-3-18-8-12-22(13-9-18)24-16-14-20(15-17-24)5-4-19-6-10-21(23)11-7-19/h6-7,10-11,18,20,22,24H,2-5,8-9,12-17H2,1H3/t18-,20-,22-,24-. The summed E-state index contributed by atoms with van der Waals surface area (Å²) in [5.74, 6) is 1.89. The number of rotatable bonds is 6. The molecule has 0 unspecified atom stereocenters. The summed E-state index contributed by atoms with van der Waals surface area (Å²) in [6, 6.07) is 10.4. The van der Waals surface area contributed by atoms with E-state index in [-0.39, 0.29) is 5.82 Å². The van der Waals surface area contributed by atoms with E-state index in [0.717, 1.165) is 18.3 Å². The van der Waals surface area contributed by atoms with Crippen LogP contribution in [0.2, 0.25) is 17.6 Å². The lowest BCUT2D eigenvalue weighted by molar-refractivity contribution is 0.330. The summed E-state index contributed by atoms with van der Waals surface area (Å²) in [7, 11) is -0.448. The molecule has 1 aliphatic heterocycles. The van der Waals surface area contributed by atoms with Crippen LogP contribution in [0.25, 0.3) is 0 Å². The Morgan fingerprint density at radius 2 is 1.50 bits per heavy atom. The monoisotopic (exact) mass is 346 g/mol. The number of aryl methyl sites for hydroxylation is 1. The van der Waals surface area contributed by atoms with Crippen LogP contribution in [0.3, 0.4) is 0 Å². The molecule has 0 spiro atoms. The van der Waals surface area contributed by atoms with E-state index in [0.29, 0.717) is 0 Å². The molecule has 2 fully saturated rings. The van der Waals surface area contributed by atoms with Gasteiger partial charge in [0.1, 0.15) is 5.82 Å². The van der Waals surface area contributed by atoms with E-state index in [1.807, 2.05) is 12.1 Å². The van der Waals surface area contributed by atoms with Crippen LogP contribution in [-0.4, -0.2) is 8.80 Å². The minimum atomic E-state index is -0.448. The van der Waals surface area contributed by atoms with Gasteiger partial charge >= 0.3 is 0 Å². The first kappa shape index (κ1) is 18.2. The number of hydrogen-bond donors (Lipinski definition) is 0. The topological polar surface area (TPSA) is 0 Å². The summed E-state index contributed by atoms with van der Waals surface area (Å²) in [6.07, 6.45) is 14.5. The van der Waals surface area contributed by atoms with Crippen molar-refractivity contribution in [3.8, 4) is 0 Å². The average molecular weight is 347 g/mol. The van der Waals surface area contributed by atoms with Gasteiger partial charge in [-0.05, 0) is 47.9 Å². The zero-order valence-corrected chi connectivity index (χ0v) is 16.6. The van der Waals surface area contributed by atoms with Crippen molar-refractivity contribution in [3.05, 3.63) is 35.6 Å². The lowest BCUT2D eigenvalue weighted by Crippen LogP contribution is -2.29. The molecule has 1 aromatic carbocycles. The summed E-state index contributed by atoms with van der Waals surface area (Å²) < 4.78 is 13.0. The normalized spacial score (nSPS) is 31.1. The maximum atomic E-state index is 13.0. The molecule has 1 aromatic rings. The molecule has 0 atom stereocenters. The van der Waals surface area contributed by atoms with Crippen LogP contribution in [0.1, 0.15) is 70.3 Å². The molecule has 1 aliphatic carbocycles. The Morgan fingerprint density at radius 3 is 2.12 bits per heavy atom. The van der Waals surface area contributed by atoms with E-state index in [9.17, 15) is 4.39 Å². The van der Waals surface area contributed by atoms with Crippen molar-refractivity contribution in [2.75, 3.05) is 0 Å². The average Bonchev–Trinajstić information content (AvgIpc) is 2.63. The third kappa shape index (κ3) is 5.18. The van der Waals surface area contributed by atoms with Gasteiger partial charge in [0, 0.05) is 8.80 Å². The molecule has 3 rings (SSSR count). The Bertz CT molecular complexity index is 467. The van der Waals surface area contributed by atoms with Crippen LogP contribution < -0.4 is 0 Å². The van der Waals surface area contributed by atoms with Gasteiger partial charge in [-0.2, -0.15) is 0 Å². The van der Waals surface area contributed by atoms with Gasteiger partial charge in [-0.3, -0.25) is 0 Å². The summed E-state index contributed by atoms with van der Waals surface area (Å²) in [4.78, 5) is 0. The molecule has 1 saturated heterocycles. The highest BCUT2D eigenvalue weighted by Crippen LogP contribution is 2.42. The quantitative estimate of drug-likeness (QED) is 0.499. The minimum absolute atomic E-state index is 0.112. The molecular weight excluding hydrogens is 311 g/mol. The van der Waals surface area contributed by atoms with Gasteiger partial charge in [-0.15, -0.1) is 0 Å². The lowest BCUT2D eigenvalue weighted by Gasteiger charge is -2.37. The molecule has 1 saturated carbocycles. The van der Waals surface area contributed by atoms with Crippen LogP contribution in [0.15, 0.2) is 24.3 Å². The lowest BCUT2D eigenvalue weighted by atomic mass is 9.86.